The quantitative estimate of drug-likeness (QED) is 0.549. The first kappa shape index (κ1) is 19.8. The van der Waals surface area contributed by atoms with Gasteiger partial charge in [0.2, 0.25) is 0 Å². The molecule has 3 aromatic rings. The number of hydrogen-bond acceptors (Lipinski definition) is 2. The lowest BCUT2D eigenvalue weighted by Gasteiger charge is -2.12. The summed E-state index contributed by atoms with van der Waals surface area (Å²) in [5.41, 5.74) is 0.484. The second-order valence-electron chi connectivity index (χ2n) is 5.95. The number of nitrogens with one attached hydrogen (secondary N) is 1. The summed E-state index contributed by atoms with van der Waals surface area (Å²) in [4.78, 5) is 12.4. The number of ether oxygens (including phenoxy) is 1. The number of benzene rings is 3. The fraction of sp³-hybridized carbons (Fsp3) is 0.0952. The molecule has 0 saturated carbocycles. The maximum atomic E-state index is 12.7. The van der Waals surface area contributed by atoms with Crippen LogP contribution in [-0.2, 0) is 12.8 Å². The van der Waals surface area contributed by atoms with Crippen molar-refractivity contribution in [1.29, 1.82) is 0 Å². The van der Waals surface area contributed by atoms with E-state index in [4.69, 9.17) is 16.3 Å². The van der Waals surface area contributed by atoms with Gasteiger partial charge in [-0.25, -0.2) is 0 Å². The van der Waals surface area contributed by atoms with Crippen LogP contribution in [0.15, 0.2) is 72.8 Å². The van der Waals surface area contributed by atoms with Crippen LogP contribution in [0.25, 0.3) is 0 Å². The number of hydrogen-bond donors (Lipinski definition) is 1. The van der Waals surface area contributed by atoms with Crippen molar-refractivity contribution in [2.45, 2.75) is 12.8 Å². The summed E-state index contributed by atoms with van der Waals surface area (Å²) >= 11 is 5.88. The third-order valence-corrected chi connectivity index (χ3v) is 4.20. The van der Waals surface area contributed by atoms with Gasteiger partial charge < -0.3 is 10.1 Å². The van der Waals surface area contributed by atoms with Crippen LogP contribution in [0, 0.1) is 0 Å². The number of alkyl halides is 3. The molecule has 3 rings (SSSR count). The average molecular weight is 406 g/mol. The molecule has 0 saturated heterocycles. The van der Waals surface area contributed by atoms with Crippen molar-refractivity contribution in [3.8, 4) is 5.75 Å². The lowest BCUT2D eigenvalue weighted by atomic mass is 10.1. The molecule has 28 heavy (non-hydrogen) atoms. The topological polar surface area (TPSA) is 38.3 Å². The van der Waals surface area contributed by atoms with E-state index in [9.17, 15) is 18.0 Å². The summed E-state index contributed by atoms with van der Waals surface area (Å²) in [5.74, 6) is -0.0122. The Hall–Kier alpha value is -2.99. The molecule has 7 heteroatoms. The molecule has 0 aliphatic carbocycles. The van der Waals surface area contributed by atoms with Crippen molar-refractivity contribution in [3.63, 3.8) is 0 Å². The molecule has 3 aromatic carbocycles. The van der Waals surface area contributed by atoms with Gasteiger partial charge in [-0.05, 0) is 42.0 Å². The van der Waals surface area contributed by atoms with Crippen molar-refractivity contribution in [3.05, 3.63) is 94.5 Å². The monoisotopic (exact) mass is 405 g/mol. The Bertz CT molecular complexity index is 975. The highest BCUT2D eigenvalue weighted by atomic mass is 35.5. The van der Waals surface area contributed by atoms with Gasteiger partial charge in [-0.3, -0.25) is 4.79 Å². The number of halogens is 4. The van der Waals surface area contributed by atoms with Gasteiger partial charge in [0.25, 0.3) is 5.91 Å². The van der Waals surface area contributed by atoms with Crippen molar-refractivity contribution < 1.29 is 22.7 Å². The van der Waals surface area contributed by atoms with Gasteiger partial charge in [-0.15, -0.1) is 0 Å². The van der Waals surface area contributed by atoms with Gasteiger partial charge in [0.1, 0.15) is 12.4 Å². The molecule has 0 aliphatic rings. The van der Waals surface area contributed by atoms with Crippen LogP contribution < -0.4 is 10.1 Å². The third kappa shape index (κ3) is 5.04. The van der Waals surface area contributed by atoms with Crippen LogP contribution >= 0.6 is 11.6 Å². The van der Waals surface area contributed by atoms with Gasteiger partial charge in [0, 0.05) is 5.56 Å². The Morgan fingerprint density at radius 3 is 2.39 bits per heavy atom. The van der Waals surface area contributed by atoms with E-state index in [1.54, 1.807) is 24.3 Å². The second-order valence-corrected chi connectivity index (χ2v) is 6.36. The number of anilines is 1. The molecule has 0 spiro atoms. The zero-order valence-electron chi connectivity index (χ0n) is 14.5. The molecular weight excluding hydrogens is 391 g/mol. The first-order valence-corrected chi connectivity index (χ1v) is 8.65. The Balaban J connectivity index is 1.69. The zero-order chi connectivity index (χ0) is 20.1. The summed E-state index contributed by atoms with van der Waals surface area (Å²) in [6.07, 6.45) is -4.50. The number of amides is 1. The van der Waals surface area contributed by atoms with Gasteiger partial charge in [0.15, 0.2) is 0 Å². The summed E-state index contributed by atoms with van der Waals surface area (Å²) in [6.45, 7) is 0.344. The molecule has 0 fully saturated rings. The maximum absolute atomic E-state index is 12.7. The van der Waals surface area contributed by atoms with Crippen LogP contribution in [0.2, 0.25) is 5.02 Å². The highest BCUT2D eigenvalue weighted by molar-refractivity contribution is 6.34. The Kier molecular flexibility index (Phi) is 5.90. The first-order valence-electron chi connectivity index (χ1n) is 8.28. The molecule has 3 nitrogen and oxygen atoms in total. The summed E-state index contributed by atoms with van der Waals surface area (Å²) in [5, 5.41) is 2.32. The highest BCUT2D eigenvalue weighted by Gasteiger charge is 2.31. The van der Waals surface area contributed by atoms with E-state index in [0.29, 0.717) is 17.9 Å². The fourth-order valence-corrected chi connectivity index (χ4v) is 2.68. The Labute approximate surface area is 164 Å². The van der Waals surface area contributed by atoms with Crippen LogP contribution in [0.5, 0.6) is 5.75 Å². The third-order valence-electron chi connectivity index (χ3n) is 3.89. The van der Waals surface area contributed by atoms with E-state index in [-0.39, 0.29) is 10.7 Å². The van der Waals surface area contributed by atoms with E-state index in [1.807, 2.05) is 30.3 Å². The fourth-order valence-electron chi connectivity index (χ4n) is 2.46. The van der Waals surface area contributed by atoms with Crippen molar-refractivity contribution in [2.24, 2.45) is 0 Å². The number of carbonyl (C=O) groups is 1. The molecule has 0 unspecified atom stereocenters. The molecular formula is C21H15ClF3NO2. The predicted molar refractivity (Wildman–Crippen MR) is 102 cm³/mol. The van der Waals surface area contributed by atoms with Crippen molar-refractivity contribution in [2.75, 3.05) is 5.32 Å². The van der Waals surface area contributed by atoms with Crippen molar-refractivity contribution in [1.82, 2.24) is 0 Å². The van der Waals surface area contributed by atoms with Gasteiger partial charge in [-0.2, -0.15) is 13.2 Å². The first-order chi connectivity index (χ1) is 13.3. The van der Waals surface area contributed by atoms with E-state index >= 15 is 0 Å². The van der Waals surface area contributed by atoms with Crippen LogP contribution in [0.1, 0.15) is 21.5 Å². The molecule has 144 valence electrons. The highest BCUT2D eigenvalue weighted by Crippen LogP contribution is 2.34. The Morgan fingerprint density at radius 1 is 0.964 bits per heavy atom. The van der Waals surface area contributed by atoms with Gasteiger partial charge in [-0.1, -0.05) is 48.0 Å². The second kappa shape index (κ2) is 8.35. The maximum Gasteiger partial charge on any atom is 0.416 e. The van der Waals surface area contributed by atoms with Gasteiger partial charge >= 0.3 is 6.18 Å². The summed E-state index contributed by atoms with van der Waals surface area (Å²) in [6, 6.07) is 18.8. The average Bonchev–Trinajstić information content (AvgIpc) is 2.68. The normalized spacial score (nSPS) is 11.1. The minimum absolute atomic E-state index is 0.0928. The SMILES string of the molecule is O=C(Nc1ccc(C(F)(F)F)cc1Cl)c1cccc(OCc2ccccc2)c1. The van der Waals surface area contributed by atoms with Crippen LogP contribution in [0.3, 0.4) is 0 Å². The molecule has 0 heterocycles. The Morgan fingerprint density at radius 2 is 1.71 bits per heavy atom. The van der Waals surface area contributed by atoms with E-state index in [2.05, 4.69) is 5.32 Å². The molecule has 0 aromatic heterocycles. The molecule has 0 radical (unpaired) electrons. The summed E-state index contributed by atoms with van der Waals surface area (Å²) in [7, 11) is 0. The van der Waals surface area contributed by atoms with Gasteiger partial charge in [0.05, 0.1) is 16.3 Å². The minimum atomic E-state index is -4.50. The molecule has 0 aliphatic heterocycles. The lowest BCUT2D eigenvalue weighted by molar-refractivity contribution is -0.137. The molecule has 1 N–H and O–H groups in total. The molecule has 0 bridgehead atoms. The molecule has 1 amide bonds. The summed E-state index contributed by atoms with van der Waals surface area (Å²) < 4.78 is 43.8. The largest absolute Gasteiger partial charge is 0.489 e. The smallest absolute Gasteiger partial charge is 0.416 e. The number of rotatable bonds is 5. The zero-order valence-corrected chi connectivity index (χ0v) is 15.2. The number of carbonyl (C=O) groups excluding carboxylic acids is 1. The minimum Gasteiger partial charge on any atom is -0.489 e. The van der Waals surface area contributed by atoms with Crippen LogP contribution in [-0.4, -0.2) is 5.91 Å². The van der Waals surface area contributed by atoms with E-state index in [0.717, 1.165) is 23.8 Å². The standard InChI is InChI=1S/C21H15ClF3NO2/c22-18-12-16(21(23,24)25)9-10-19(18)26-20(27)15-7-4-8-17(11-15)28-13-14-5-2-1-3-6-14/h1-12H,13H2,(H,26,27). The van der Waals surface area contributed by atoms with Crippen molar-refractivity contribution >= 4 is 23.2 Å². The molecule has 0 atom stereocenters. The van der Waals surface area contributed by atoms with E-state index < -0.39 is 17.6 Å². The van der Waals surface area contributed by atoms with E-state index in [1.165, 1.54) is 0 Å². The lowest BCUT2D eigenvalue weighted by Crippen LogP contribution is -2.13. The van der Waals surface area contributed by atoms with Crippen LogP contribution in [0.4, 0.5) is 18.9 Å². The predicted octanol–water partition coefficient (Wildman–Crippen LogP) is 6.19.